The van der Waals surface area contributed by atoms with Crippen LogP contribution in [-0.2, 0) is 20.8 Å². The van der Waals surface area contributed by atoms with Crippen molar-refractivity contribution < 1.29 is 28.6 Å². The van der Waals surface area contributed by atoms with Crippen molar-refractivity contribution in [2.45, 2.75) is 51.4 Å². The molecule has 1 atom stereocenters. The Morgan fingerprint density at radius 1 is 0.974 bits per heavy atom. The Labute approximate surface area is 226 Å². The number of benzene rings is 2. The maximum atomic E-state index is 12.8. The molecule has 2 aromatic carbocycles. The van der Waals surface area contributed by atoms with E-state index < -0.39 is 17.8 Å². The largest absolute Gasteiger partial charge is 0.483 e. The molecule has 1 heterocycles. The summed E-state index contributed by atoms with van der Waals surface area (Å²) in [5, 5.41) is 11.8. The van der Waals surface area contributed by atoms with E-state index in [1.807, 2.05) is 42.7 Å². The molecule has 1 N–H and O–H groups in total. The van der Waals surface area contributed by atoms with Crippen molar-refractivity contribution in [2.75, 3.05) is 25.3 Å². The van der Waals surface area contributed by atoms with Crippen LogP contribution in [0.3, 0.4) is 0 Å². The summed E-state index contributed by atoms with van der Waals surface area (Å²) in [6, 6.07) is 12.2. The van der Waals surface area contributed by atoms with E-state index in [4.69, 9.17) is 14.2 Å². The van der Waals surface area contributed by atoms with Gasteiger partial charge in [0.05, 0.1) is 36.8 Å². The monoisotopic (exact) mass is 540 g/mol. The fourth-order valence-corrected chi connectivity index (χ4v) is 4.50. The van der Waals surface area contributed by atoms with Crippen LogP contribution in [0.15, 0.2) is 47.6 Å². The minimum absolute atomic E-state index is 0.00685. The lowest BCUT2D eigenvalue weighted by Crippen LogP contribution is -2.18. The zero-order valence-corrected chi connectivity index (χ0v) is 23.1. The lowest BCUT2D eigenvalue weighted by atomic mass is 10.0. The van der Waals surface area contributed by atoms with Gasteiger partial charge >= 0.3 is 11.9 Å². The summed E-state index contributed by atoms with van der Waals surface area (Å²) < 4.78 is 17.5. The number of ether oxygens (including phenoxy) is 3. The zero-order valence-electron chi connectivity index (χ0n) is 22.3. The third kappa shape index (κ3) is 6.91. The molecule has 10 nitrogen and oxygen atoms in total. The summed E-state index contributed by atoms with van der Waals surface area (Å²) in [6.45, 7) is 8.72. The summed E-state index contributed by atoms with van der Waals surface area (Å²) in [4.78, 5) is 36.8. The first-order valence-electron chi connectivity index (χ1n) is 12.1. The standard InChI is InChI=1S/C27H32N4O6S/c1-7-31-24(17(4)37-20-11-8-18(9-12-20)16(2)3)29-30-27(31)38-15-23(32)28-22-14-19(25(33)35-5)10-13-21(22)26(34)36-6/h8-14,16-17H,7,15H2,1-6H3,(H,28,32). The van der Waals surface area contributed by atoms with Gasteiger partial charge in [-0.1, -0.05) is 37.7 Å². The number of nitrogens with one attached hydrogen (secondary N) is 1. The summed E-state index contributed by atoms with van der Waals surface area (Å²) in [5.74, 6) is 0.162. The van der Waals surface area contributed by atoms with Gasteiger partial charge in [0, 0.05) is 6.54 Å². The van der Waals surface area contributed by atoms with Gasteiger partial charge in [-0.2, -0.15) is 0 Å². The van der Waals surface area contributed by atoms with Crippen LogP contribution < -0.4 is 10.1 Å². The van der Waals surface area contributed by atoms with Crippen LogP contribution >= 0.6 is 11.8 Å². The summed E-state index contributed by atoms with van der Waals surface area (Å²) in [7, 11) is 2.48. The van der Waals surface area contributed by atoms with Crippen molar-refractivity contribution >= 4 is 35.3 Å². The van der Waals surface area contributed by atoms with Gasteiger partial charge in [0.25, 0.3) is 0 Å². The van der Waals surface area contributed by atoms with Crippen molar-refractivity contribution in [1.82, 2.24) is 14.8 Å². The van der Waals surface area contributed by atoms with Crippen LogP contribution in [0.2, 0.25) is 0 Å². The highest BCUT2D eigenvalue weighted by Gasteiger charge is 2.21. The Kier molecular flexibility index (Phi) is 9.89. The molecular formula is C27H32N4O6S. The number of amides is 1. The molecule has 1 unspecified atom stereocenters. The average molecular weight is 541 g/mol. The number of hydrogen-bond acceptors (Lipinski definition) is 9. The van der Waals surface area contributed by atoms with Crippen LogP contribution in [0.5, 0.6) is 5.75 Å². The lowest BCUT2D eigenvalue weighted by molar-refractivity contribution is -0.113. The summed E-state index contributed by atoms with van der Waals surface area (Å²) in [5.41, 5.74) is 1.68. The number of aromatic nitrogens is 3. The SMILES string of the molecule is CCn1c(SCC(=O)Nc2cc(C(=O)OC)ccc2C(=O)OC)nnc1C(C)Oc1ccc(C(C)C)cc1. The molecule has 0 radical (unpaired) electrons. The van der Waals surface area contributed by atoms with Crippen LogP contribution in [0, 0.1) is 0 Å². The Hall–Kier alpha value is -3.86. The van der Waals surface area contributed by atoms with Crippen molar-refractivity contribution in [3.05, 3.63) is 65.0 Å². The van der Waals surface area contributed by atoms with Gasteiger partial charge in [-0.15, -0.1) is 10.2 Å². The van der Waals surface area contributed by atoms with Crippen LogP contribution in [0.4, 0.5) is 5.69 Å². The maximum absolute atomic E-state index is 12.8. The molecule has 0 aliphatic rings. The first-order valence-corrected chi connectivity index (χ1v) is 13.1. The molecule has 11 heteroatoms. The number of methoxy groups -OCH3 is 2. The number of anilines is 1. The topological polar surface area (TPSA) is 122 Å². The van der Waals surface area contributed by atoms with Gasteiger partial charge in [0.1, 0.15) is 5.75 Å². The molecule has 202 valence electrons. The van der Waals surface area contributed by atoms with Crippen LogP contribution in [0.25, 0.3) is 0 Å². The molecule has 1 amide bonds. The van der Waals surface area contributed by atoms with Crippen LogP contribution in [0.1, 0.15) is 71.8 Å². The van der Waals surface area contributed by atoms with Gasteiger partial charge in [-0.25, -0.2) is 9.59 Å². The van der Waals surface area contributed by atoms with E-state index in [2.05, 4.69) is 29.4 Å². The van der Waals surface area contributed by atoms with Gasteiger partial charge < -0.3 is 24.1 Å². The summed E-state index contributed by atoms with van der Waals surface area (Å²) >= 11 is 1.20. The Balaban J connectivity index is 1.69. The molecule has 0 bridgehead atoms. The molecule has 0 aliphatic carbocycles. The van der Waals surface area contributed by atoms with E-state index in [0.29, 0.717) is 23.4 Å². The second-order valence-electron chi connectivity index (χ2n) is 8.65. The van der Waals surface area contributed by atoms with Gasteiger partial charge in [-0.3, -0.25) is 4.79 Å². The number of carbonyl (C=O) groups excluding carboxylic acids is 3. The maximum Gasteiger partial charge on any atom is 0.339 e. The van der Waals surface area contributed by atoms with Crippen molar-refractivity contribution in [3.8, 4) is 5.75 Å². The van der Waals surface area contributed by atoms with Gasteiger partial charge in [0.2, 0.25) is 5.91 Å². The molecule has 3 rings (SSSR count). The highest BCUT2D eigenvalue weighted by molar-refractivity contribution is 7.99. The van der Waals surface area contributed by atoms with Crippen molar-refractivity contribution in [3.63, 3.8) is 0 Å². The number of nitrogens with zero attached hydrogens (tertiary/aromatic N) is 3. The molecule has 38 heavy (non-hydrogen) atoms. The number of esters is 2. The lowest BCUT2D eigenvalue weighted by Gasteiger charge is -2.16. The van der Waals surface area contributed by atoms with E-state index in [0.717, 1.165) is 5.75 Å². The van der Waals surface area contributed by atoms with E-state index in [1.54, 1.807) is 0 Å². The molecule has 0 aliphatic heterocycles. The fourth-order valence-electron chi connectivity index (χ4n) is 3.69. The minimum atomic E-state index is -0.646. The van der Waals surface area contributed by atoms with Gasteiger partial charge in [0.15, 0.2) is 17.1 Å². The van der Waals surface area contributed by atoms with E-state index in [-0.39, 0.29) is 28.7 Å². The second-order valence-corrected chi connectivity index (χ2v) is 9.59. The van der Waals surface area contributed by atoms with E-state index in [1.165, 1.54) is 49.7 Å². The van der Waals surface area contributed by atoms with E-state index >= 15 is 0 Å². The summed E-state index contributed by atoms with van der Waals surface area (Å²) in [6.07, 6.45) is -0.362. The molecule has 0 saturated heterocycles. The Morgan fingerprint density at radius 3 is 2.26 bits per heavy atom. The van der Waals surface area contributed by atoms with Crippen molar-refractivity contribution in [2.24, 2.45) is 0 Å². The highest BCUT2D eigenvalue weighted by atomic mass is 32.2. The van der Waals surface area contributed by atoms with Gasteiger partial charge in [-0.05, 0) is 55.7 Å². The molecule has 0 saturated carbocycles. The molecule has 1 aromatic heterocycles. The smallest absolute Gasteiger partial charge is 0.339 e. The van der Waals surface area contributed by atoms with Crippen LogP contribution in [-0.4, -0.2) is 52.6 Å². The zero-order chi connectivity index (χ0) is 27.8. The first kappa shape index (κ1) is 28.7. The fraction of sp³-hybridized carbons (Fsp3) is 0.370. The minimum Gasteiger partial charge on any atom is -0.483 e. The molecular weight excluding hydrogens is 508 g/mol. The number of hydrogen-bond donors (Lipinski definition) is 1. The van der Waals surface area contributed by atoms with E-state index in [9.17, 15) is 14.4 Å². The molecule has 0 spiro atoms. The average Bonchev–Trinajstić information content (AvgIpc) is 3.34. The third-order valence-electron chi connectivity index (χ3n) is 5.74. The van der Waals surface area contributed by atoms with Crippen molar-refractivity contribution in [1.29, 1.82) is 0 Å². The molecule has 3 aromatic rings. The highest BCUT2D eigenvalue weighted by Crippen LogP contribution is 2.27. The predicted molar refractivity (Wildman–Crippen MR) is 144 cm³/mol. The quantitative estimate of drug-likeness (QED) is 0.268. The number of thioether (sulfide) groups is 1. The second kappa shape index (κ2) is 13.1. The third-order valence-corrected chi connectivity index (χ3v) is 6.70. The Bertz CT molecular complexity index is 1290. The Morgan fingerprint density at radius 2 is 1.66 bits per heavy atom. The number of carbonyl (C=O) groups is 3. The normalized spacial score (nSPS) is 11.7. The predicted octanol–water partition coefficient (Wildman–Crippen LogP) is 4.87. The number of rotatable bonds is 11. The first-order chi connectivity index (χ1) is 18.2. The molecule has 0 fully saturated rings.